The van der Waals surface area contributed by atoms with E-state index in [4.69, 9.17) is 0 Å². The Kier molecular flexibility index (Phi) is 3.67. The quantitative estimate of drug-likeness (QED) is 0.524. The molecule has 0 spiro atoms. The van der Waals surface area contributed by atoms with Gasteiger partial charge >= 0.3 is 7.60 Å². The lowest BCUT2D eigenvalue weighted by Crippen LogP contribution is -2.24. The largest absolute Gasteiger partial charge is 0.385 e. The number of hydrogen-bond acceptors (Lipinski definition) is 4. The van der Waals surface area contributed by atoms with E-state index in [1.165, 1.54) is 0 Å². The Morgan fingerprint density at radius 2 is 2.11 bits per heavy atom. The Labute approximate surface area is 112 Å². The maximum absolute atomic E-state index is 12.0. The summed E-state index contributed by atoms with van der Waals surface area (Å²) < 4.78 is 16.6. The monoisotopic (exact) mass is 283 g/mol. The van der Waals surface area contributed by atoms with Crippen molar-refractivity contribution >= 4 is 24.3 Å². The zero-order valence-corrected chi connectivity index (χ0v) is 12.4. The first-order valence-corrected chi connectivity index (χ1v) is 7.71. The summed E-state index contributed by atoms with van der Waals surface area (Å²) in [5.41, 5.74) is 2.51. The molecule has 0 fully saturated rings. The van der Waals surface area contributed by atoms with Crippen LogP contribution in [0.3, 0.4) is 0 Å². The zero-order chi connectivity index (χ0) is 14.3. The Morgan fingerprint density at radius 1 is 1.42 bits per heavy atom. The lowest BCUT2D eigenvalue weighted by atomic mass is 9.82. The second-order valence-corrected chi connectivity index (χ2v) is 6.73. The topological polar surface area (TPSA) is 68.1 Å². The van der Waals surface area contributed by atoms with Gasteiger partial charge in [-0.1, -0.05) is 13.8 Å². The molecule has 1 aromatic carbocycles. The highest BCUT2D eigenvalue weighted by atomic mass is 31.2. The molecule has 0 amide bonds. The number of aliphatic imine (C=N–C) groups is 1. The van der Waals surface area contributed by atoms with Crippen LogP contribution in [0.1, 0.15) is 33.3 Å². The first-order chi connectivity index (χ1) is 8.79. The van der Waals surface area contributed by atoms with E-state index in [0.29, 0.717) is 0 Å². The lowest BCUT2D eigenvalue weighted by molar-refractivity contribution is -0.206. The fourth-order valence-electron chi connectivity index (χ4n) is 1.98. The Bertz CT molecular complexity index is 580. The highest BCUT2D eigenvalue weighted by molar-refractivity contribution is 7.61. The van der Waals surface area contributed by atoms with Gasteiger partial charge in [0.05, 0.1) is 17.6 Å². The highest BCUT2D eigenvalue weighted by Crippen LogP contribution is 2.45. The van der Waals surface area contributed by atoms with Gasteiger partial charge in [0.1, 0.15) is 0 Å². The molecule has 0 saturated carbocycles. The molecular weight excluding hydrogens is 265 g/mol. The van der Waals surface area contributed by atoms with Gasteiger partial charge < -0.3 is 4.89 Å². The van der Waals surface area contributed by atoms with Crippen molar-refractivity contribution in [1.29, 1.82) is 0 Å². The number of hydrogen-bond donors (Lipinski definition) is 1. The van der Waals surface area contributed by atoms with Crippen LogP contribution in [0.25, 0.3) is 0 Å². The molecule has 1 aliphatic heterocycles. The van der Waals surface area contributed by atoms with Gasteiger partial charge in [0, 0.05) is 11.1 Å². The van der Waals surface area contributed by atoms with Crippen molar-refractivity contribution in [3.8, 4) is 0 Å². The number of benzene rings is 1. The first kappa shape index (κ1) is 14.4. The molecule has 19 heavy (non-hydrogen) atoms. The van der Waals surface area contributed by atoms with Crippen molar-refractivity contribution in [2.75, 3.05) is 6.61 Å². The van der Waals surface area contributed by atoms with E-state index in [1.807, 2.05) is 20.8 Å². The zero-order valence-electron chi connectivity index (χ0n) is 11.5. The van der Waals surface area contributed by atoms with Gasteiger partial charge in [-0.05, 0) is 37.6 Å². The fraction of sp³-hybridized carbons (Fsp3) is 0.462. The molecule has 0 aromatic heterocycles. The summed E-state index contributed by atoms with van der Waals surface area (Å²) in [6.45, 7) is 7.92. The van der Waals surface area contributed by atoms with Crippen LogP contribution in [0.4, 0.5) is 5.69 Å². The molecule has 1 aromatic rings. The van der Waals surface area contributed by atoms with Gasteiger partial charge in [-0.25, -0.2) is 4.89 Å². The third kappa shape index (κ3) is 2.51. The highest BCUT2D eigenvalue weighted by Gasteiger charge is 2.34. The molecule has 2 rings (SSSR count). The first-order valence-electron chi connectivity index (χ1n) is 6.14. The molecule has 0 bridgehead atoms. The maximum atomic E-state index is 12.0. The van der Waals surface area contributed by atoms with Gasteiger partial charge in [-0.15, -0.1) is 4.67 Å². The molecule has 1 unspecified atom stereocenters. The smallest absolute Gasteiger partial charge is 0.319 e. The summed E-state index contributed by atoms with van der Waals surface area (Å²) in [6.07, 6.45) is 0. The van der Waals surface area contributed by atoms with E-state index >= 15 is 0 Å². The van der Waals surface area contributed by atoms with Crippen LogP contribution in [0.2, 0.25) is 0 Å². The number of fused-ring (bicyclic) bond motifs is 1. The second kappa shape index (κ2) is 4.84. The molecule has 0 radical (unpaired) electrons. The predicted molar refractivity (Wildman–Crippen MR) is 74.4 cm³/mol. The molecule has 0 aliphatic carbocycles. The van der Waals surface area contributed by atoms with E-state index in [2.05, 4.69) is 14.6 Å². The maximum Gasteiger partial charge on any atom is 0.385 e. The minimum atomic E-state index is -3.94. The minimum absolute atomic E-state index is 0.212. The summed E-state index contributed by atoms with van der Waals surface area (Å²) in [7, 11) is -3.94. The average Bonchev–Trinajstić information content (AvgIpc) is 2.58. The molecule has 104 valence electrons. The SMILES string of the molecule is CCOOP(=O)(O)c1ccc2c(c1)C(C)(C)C(C)=N2. The van der Waals surface area contributed by atoms with E-state index in [-0.39, 0.29) is 17.3 Å². The van der Waals surface area contributed by atoms with Gasteiger partial charge in [0.15, 0.2) is 0 Å². The van der Waals surface area contributed by atoms with E-state index < -0.39 is 7.60 Å². The van der Waals surface area contributed by atoms with Crippen LogP contribution in [0, 0.1) is 0 Å². The van der Waals surface area contributed by atoms with Crippen LogP contribution in [0.15, 0.2) is 23.2 Å². The van der Waals surface area contributed by atoms with Gasteiger partial charge in [-0.3, -0.25) is 9.56 Å². The van der Waals surface area contributed by atoms with Gasteiger partial charge in [-0.2, -0.15) is 0 Å². The Morgan fingerprint density at radius 3 is 2.74 bits per heavy atom. The summed E-state index contributed by atoms with van der Waals surface area (Å²) in [4.78, 5) is 18.9. The Balaban J connectivity index is 2.40. The van der Waals surface area contributed by atoms with E-state index in [0.717, 1.165) is 17.0 Å². The van der Waals surface area contributed by atoms with E-state index in [1.54, 1.807) is 25.1 Å². The predicted octanol–water partition coefficient (Wildman–Crippen LogP) is 2.85. The molecule has 0 saturated heterocycles. The molecule has 1 aliphatic rings. The van der Waals surface area contributed by atoms with Crippen molar-refractivity contribution in [2.45, 2.75) is 33.1 Å². The fourth-order valence-corrected chi connectivity index (χ4v) is 2.87. The summed E-state index contributed by atoms with van der Waals surface area (Å²) in [5, 5.41) is 0.220. The third-order valence-corrected chi connectivity index (χ3v) is 4.68. The normalized spacial score (nSPS) is 19.7. The summed E-state index contributed by atoms with van der Waals surface area (Å²) in [5.74, 6) is 0. The summed E-state index contributed by atoms with van der Waals surface area (Å²) in [6, 6.07) is 4.97. The van der Waals surface area contributed by atoms with Crippen LogP contribution in [0.5, 0.6) is 0 Å². The molecular formula is C13H18NO4P. The van der Waals surface area contributed by atoms with Crippen molar-refractivity contribution in [2.24, 2.45) is 4.99 Å². The van der Waals surface area contributed by atoms with E-state index in [9.17, 15) is 9.46 Å². The molecule has 5 nitrogen and oxygen atoms in total. The average molecular weight is 283 g/mol. The van der Waals surface area contributed by atoms with Crippen molar-refractivity contribution in [3.05, 3.63) is 23.8 Å². The van der Waals surface area contributed by atoms with Crippen LogP contribution in [-0.4, -0.2) is 17.2 Å². The minimum Gasteiger partial charge on any atom is -0.319 e. The van der Waals surface area contributed by atoms with Crippen LogP contribution < -0.4 is 5.30 Å². The van der Waals surface area contributed by atoms with Crippen LogP contribution >= 0.6 is 7.60 Å². The van der Waals surface area contributed by atoms with Crippen molar-refractivity contribution in [1.82, 2.24) is 0 Å². The second-order valence-electron chi connectivity index (χ2n) is 5.03. The standard InChI is InChI=1S/C13H18NO4P/c1-5-17-18-19(15,16)10-6-7-12-11(8-10)13(3,4)9(2)14-12/h6-8H,5H2,1-4H3,(H,15,16). The molecule has 1 N–H and O–H groups in total. The van der Waals surface area contributed by atoms with Gasteiger partial charge in [0.2, 0.25) is 0 Å². The van der Waals surface area contributed by atoms with Gasteiger partial charge in [0.25, 0.3) is 0 Å². The summed E-state index contributed by atoms with van der Waals surface area (Å²) >= 11 is 0. The molecule has 1 heterocycles. The number of rotatable bonds is 4. The third-order valence-electron chi connectivity index (χ3n) is 3.44. The van der Waals surface area contributed by atoms with Crippen molar-refractivity contribution < 1.29 is 19.0 Å². The Hall–Kier alpha value is -1.00. The van der Waals surface area contributed by atoms with Crippen molar-refractivity contribution in [3.63, 3.8) is 0 Å². The lowest BCUT2D eigenvalue weighted by Gasteiger charge is -2.21. The number of nitrogens with zero attached hydrogens (tertiary/aromatic N) is 1. The molecule has 6 heteroatoms. The molecule has 1 atom stereocenters. The van der Waals surface area contributed by atoms with Crippen LogP contribution in [-0.2, 0) is 19.5 Å².